The van der Waals surface area contributed by atoms with E-state index in [0.717, 1.165) is 19.3 Å². The van der Waals surface area contributed by atoms with E-state index in [0.29, 0.717) is 0 Å². The number of amides is 2. The first kappa shape index (κ1) is 13.3. The number of methoxy groups -OCH3 is 1. The van der Waals surface area contributed by atoms with Crippen LogP contribution in [-0.4, -0.2) is 48.6 Å². The molecule has 1 N–H and O–H groups in total. The van der Waals surface area contributed by atoms with Gasteiger partial charge in [-0.05, 0) is 25.2 Å². The van der Waals surface area contributed by atoms with Crippen LogP contribution in [0.3, 0.4) is 0 Å². The minimum absolute atomic E-state index is 0.0160. The molecule has 3 atom stereocenters. The standard InChI is InChI=1S/C13H22N2O3/c1-8(2)12-13(17)14-7-11(16)15(12)9-5-4-6-10(9)18-3/h8-10,12H,4-7H2,1-3H3,(H,14,17). The van der Waals surface area contributed by atoms with Gasteiger partial charge in [-0.25, -0.2) is 0 Å². The second-order valence-electron chi connectivity index (χ2n) is 5.48. The fourth-order valence-corrected chi connectivity index (χ4v) is 3.15. The summed E-state index contributed by atoms with van der Waals surface area (Å²) >= 11 is 0. The van der Waals surface area contributed by atoms with Gasteiger partial charge in [0.25, 0.3) is 0 Å². The topological polar surface area (TPSA) is 58.6 Å². The molecule has 1 saturated heterocycles. The second kappa shape index (κ2) is 5.26. The van der Waals surface area contributed by atoms with Crippen molar-refractivity contribution in [1.82, 2.24) is 10.2 Å². The van der Waals surface area contributed by atoms with E-state index >= 15 is 0 Å². The minimum atomic E-state index is -0.355. The molecule has 0 aromatic carbocycles. The molecule has 0 aromatic heterocycles. The molecular weight excluding hydrogens is 232 g/mol. The van der Waals surface area contributed by atoms with Gasteiger partial charge in [0.15, 0.2) is 0 Å². The van der Waals surface area contributed by atoms with Crippen LogP contribution in [0.1, 0.15) is 33.1 Å². The quantitative estimate of drug-likeness (QED) is 0.799. The Kier molecular flexibility index (Phi) is 3.90. The van der Waals surface area contributed by atoms with Crippen molar-refractivity contribution in [3.63, 3.8) is 0 Å². The predicted octanol–water partition coefficient (Wildman–Crippen LogP) is 0.537. The van der Waals surface area contributed by atoms with Crippen molar-refractivity contribution in [2.45, 2.75) is 51.3 Å². The van der Waals surface area contributed by atoms with Crippen LogP contribution in [-0.2, 0) is 14.3 Å². The van der Waals surface area contributed by atoms with Crippen molar-refractivity contribution < 1.29 is 14.3 Å². The molecular formula is C13H22N2O3. The first-order chi connectivity index (χ1) is 8.56. The SMILES string of the molecule is COC1CCCC1N1C(=O)CNC(=O)C1C(C)C. The highest BCUT2D eigenvalue weighted by Crippen LogP contribution is 2.30. The molecule has 1 aliphatic heterocycles. The Labute approximate surface area is 108 Å². The zero-order chi connectivity index (χ0) is 13.3. The van der Waals surface area contributed by atoms with Crippen molar-refractivity contribution >= 4 is 11.8 Å². The highest BCUT2D eigenvalue weighted by atomic mass is 16.5. The van der Waals surface area contributed by atoms with E-state index in [2.05, 4.69) is 5.32 Å². The highest BCUT2D eigenvalue weighted by Gasteiger charge is 2.44. The molecule has 2 amide bonds. The summed E-state index contributed by atoms with van der Waals surface area (Å²) in [5, 5.41) is 2.68. The Morgan fingerprint density at radius 2 is 2.06 bits per heavy atom. The van der Waals surface area contributed by atoms with Crippen LogP contribution in [0.4, 0.5) is 0 Å². The molecule has 5 heteroatoms. The monoisotopic (exact) mass is 254 g/mol. The molecule has 18 heavy (non-hydrogen) atoms. The van der Waals surface area contributed by atoms with E-state index in [1.165, 1.54) is 0 Å². The maximum atomic E-state index is 12.2. The maximum Gasteiger partial charge on any atom is 0.243 e. The van der Waals surface area contributed by atoms with Gasteiger partial charge in [-0.15, -0.1) is 0 Å². The maximum absolute atomic E-state index is 12.2. The number of carbonyl (C=O) groups is 2. The third-order valence-electron chi connectivity index (χ3n) is 3.98. The summed E-state index contributed by atoms with van der Waals surface area (Å²) in [5.74, 6) is 0.0981. The molecule has 102 valence electrons. The summed E-state index contributed by atoms with van der Waals surface area (Å²) < 4.78 is 5.46. The zero-order valence-corrected chi connectivity index (χ0v) is 11.3. The van der Waals surface area contributed by atoms with E-state index in [1.807, 2.05) is 13.8 Å². The van der Waals surface area contributed by atoms with Gasteiger partial charge in [0, 0.05) is 7.11 Å². The van der Waals surface area contributed by atoms with Gasteiger partial charge >= 0.3 is 0 Å². The number of ether oxygens (including phenoxy) is 1. The predicted molar refractivity (Wildman–Crippen MR) is 66.9 cm³/mol. The summed E-state index contributed by atoms with van der Waals surface area (Å²) in [6.07, 6.45) is 3.03. The highest BCUT2D eigenvalue weighted by molar-refractivity contribution is 5.95. The van der Waals surface area contributed by atoms with Crippen molar-refractivity contribution in [3.05, 3.63) is 0 Å². The second-order valence-corrected chi connectivity index (χ2v) is 5.48. The lowest BCUT2D eigenvalue weighted by Gasteiger charge is -2.42. The molecule has 1 saturated carbocycles. The number of hydrogen-bond acceptors (Lipinski definition) is 3. The Morgan fingerprint density at radius 3 is 2.67 bits per heavy atom. The van der Waals surface area contributed by atoms with Gasteiger partial charge in [-0.3, -0.25) is 9.59 Å². The Morgan fingerprint density at radius 1 is 1.33 bits per heavy atom. The van der Waals surface area contributed by atoms with Gasteiger partial charge < -0.3 is 15.0 Å². The average molecular weight is 254 g/mol. The van der Waals surface area contributed by atoms with E-state index in [4.69, 9.17) is 4.74 Å². The van der Waals surface area contributed by atoms with Crippen molar-refractivity contribution in [1.29, 1.82) is 0 Å². The molecule has 5 nitrogen and oxygen atoms in total. The molecule has 0 spiro atoms. The molecule has 0 bridgehead atoms. The zero-order valence-electron chi connectivity index (χ0n) is 11.3. The summed E-state index contributed by atoms with van der Waals surface area (Å²) in [7, 11) is 1.68. The van der Waals surface area contributed by atoms with E-state index in [9.17, 15) is 9.59 Å². The molecule has 2 aliphatic rings. The smallest absolute Gasteiger partial charge is 0.243 e. The van der Waals surface area contributed by atoms with Gasteiger partial charge in [-0.2, -0.15) is 0 Å². The lowest BCUT2D eigenvalue weighted by molar-refractivity contribution is -0.153. The first-order valence-electron chi connectivity index (χ1n) is 6.68. The largest absolute Gasteiger partial charge is 0.379 e. The summed E-state index contributed by atoms with van der Waals surface area (Å²) in [5.41, 5.74) is 0. The Hall–Kier alpha value is -1.10. The fourth-order valence-electron chi connectivity index (χ4n) is 3.15. The lowest BCUT2D eigenvalue weighted by atomic mass is 9.96. The molecule has 2 fully saturated rings. The Balaban J connectivity index is 2.25. The van der Waals surface area contributed by atoms with Gasteiger partial charge in [0.1, 0.15) is 6.04 Å². The third-order valence-corrected chi connectivity index (χ3v) is 3.98. The van der Waals surface area contributed by atoms with Crippen LogP contribution >= 0.6 is 0 Å². The van der Waals surface area contributed by atoms with Crippen LogP contribution in [0.5, 0.6) is 0 Å². The van der Waals surface area contributed by atoms with Crippen molar-refractivity contribution in [2.24, 2.45) is 5.92 Å². The molecule has 0 radical (unpaired) electrons. The lowest BCUT2D eigenvalue weighted by Crippen LogP contribution is -2.64. The van der Waals surface area contributed by atoms with Gasteiger partial charge in [0.2, 0.25) is 11.8 Å². The van der Waals surface area contributed by atoms with E-state index in [-0.39, 0.29) is 42.5 Å². The van der Waals surface area contributed by atoms with Crippen molar-refractivity contribution in [3.8, 4) is 0 Å². The van der Waals surface area contributed by atoms with Crippen LogP contribution in [0.15, 0.2) is 0 Å². The molecule has 2 rings (SSSR count). The van der Waals surface area contributed by atoms with E-state index < -0.39 is 0 Å². The van der Waals surface area contributed by atoms with Crippen LogP contribution < -0.4 is 5.32 Å². The number of piperazine rings is 1. The minimum Gasteiger partial charge on any atom is -0.379 e. The fraction of sp³-hybridized carbons (Fsp3) is 0.846. The van der Waals surface area contributed by atoms with Crippen LogP contribution in [0.2, 0.25) is 0 Å². The molecule has 0 aromatic rings. The number of nitrogens with zero attached hydrogens (tertiary/aromatic N) is 1. The van der Waals surface area contributed by atoms with Crippen LogP contribution in [0.25, 0.3) is 0 Å². The van der Waals surface area contributed by atoms with Crippen molar-refractivity contribution in [2.75, 3.05) is 13.7 Å². The van der Waals surface area contributed by atoms with Crippen LogP contribution in [0, 0.1) is 5.92 Å². The van der Waals surface area contributed by atoms with Gasteiger partial charge in [-0.1, -0.05) is 13.8 Å². The summed E-state index contributed by atoms with van der Waals surface area (Å²) in [6, 6.07) is -0.298. The average Bonchev–Trinajstić information content (AvgIpc) is 2.79. The number of hydrogen-bond donors (Lipinski definition) is 1. The van der Waals surface area contributed by atoms with Gasteiger partial charge in [0.05, 0.1) is 18.7 Å². The normalized spacial score (nSPS) is 33.1. The number of nitrogens with one attached hydrogen (secondary N) is 1. The Bertz CT molecular complexity index is 343. The number of carbonyl (C=O) groups excluding carboxylic acids is 2. The molecule has 1 aliphatic carbocycles. The molecule has 1 heterocycles. The molecule has 3 unspecified atom stereocenters. The number of rotatable bonds is 3. The third kappa shape index (κ3) is 2.23. The first-order valence-corrected chi connectivity index (χ1v) is 6.68. The van der Waals surface area contributed by atoms with E-state index in [1.54, 1.807) is 12.0 Å². The summed E-state index contributed by atoms with van der Waals surface area (Å²) in [6.45, 7) is 4.08. The summed E-state index contributed by atoms with van der Waals surface area (Å²) in [4.78, 5) is 25.9.